The maximum absolute atomic E-state index is 12.5. The lowest BCUT2D eigenvalue weighted by molar-refractivity contribution is 0.0787. The molecule has 0 aliphatic carbocycles. The third-order valence-corrected chi connectivity index (χ3v) is 4.22. The maximum Gasteiger partial charge on any atom is 0.254 e. The Kier molecular flexibility index (Phi) is 4.50. The Morgan fingerprint density at radius 2 is 2.08 bits per heavy atom. The molecule has 0 spiro atoms. The Balaban J connectivity index is 1.36. The summed E-state index contributed by atoms with van der Waals surface area (Å²) in [7, 11) is 0. The van der Waals surface area contributed by atoms with Gasteiger partial charge >= 0.3 is 0 Å². The van der Waals surface area contributed by atoms with E-state index in [9.17, 15) is 4.79 Å². The highest BCUT2D eigenvalue weighted by molar-refractivity contribution is 5.94. The Labute approximate surface area is 149 Å². The summed E-state index contributed by atoms with van der Waals surface area (Å²) in [5.41, 5.74) is 1.35. The van der Waals surface area contributed by atoms with Gasteiger partial charge in [0.1, 0.15) is 12.3 Å². The molecule has 4 rings (SSSR count). The van der Waals surface area contributed by atoms with Gasteiger partial charge < -0.3 is 9.64 Å². The number of carbonyl (C=O) groups is 1. The van der Waals surface area contributed by atoms with Gasteiger partial charge in [-0.2, -0.15) is 0 Å². The highest BCUT2D eigenvalue weighted by Gasteiger charge is 2.28. The molecule has 1 unspecified atom stereocenters. The lowest BCUT2D eigenvalue weighted by Gasteiger charge is -2.16. The molecular weight excluding hydrogens is 334 g/mol. The molecule has 26 heavy (non-hydrogen) atoms. The molecule has 4 heterocycles. The second-order valence-electron chi connectivity index (χ2n) is 5.95. The summed E-state index contributed by atoms with van der Waals surface area (Å²) in [6, 6.07) is 3.57. The van der Waals surface area contributed by atoms with Crippen molar-refractivity contribution in [3.63, 3.8) is 0 Å². The van der Waals surface area contributed by atoms with Crippen molar-refractivity contribution in [2.24, 2.45) is 0 Å². The molecule has 1 aliphatic rings. The second-order valence-corrected chi connectivity index (χ2v) is 5.95. The maximum atomic E-state index is 12.5. The zero-order valence-corrected chi connectivity index (χ0v) is 14.0. The van der Waals surface area contributed by atoms with Crippen molar-refractivity contribution in [1.29, 1.82) is 0 Å². The average molecular weight is 351 g/mol. The van der Waals surface area contributed by atoms with Crippen LogP contribution in [0.1, 0.15) is 28.5 Å². The summed E-state index contributed by atoms with van der Waals surface area (Å²) in [5.74, 6) is 0.457. The molecule has 0 N–H and O–H groups in total. The van der Waals surface area contributed by atoms with Gasteiger partial charge in [0.25, 0.3) is 5.91 Å². The summed E-state index contributed by atoms with van der Waals surface area (Å²) in [6.45, 7) is 1.57. The molecule has 1 amide bonds. The predicted molar refractivity (Wildman–Crippen MR) is 90.2 cm³/mol. The second kappa shape index (κ2) is 7.26. The Morgan fingerprint density at radius 1 is 1.19 bits per heavy atom. The molecule has 9 heteroatoms. The van der Waals surface area contributed by atoms with E-state index in [1.165, 1.54) is 0 Å². The lowest BCUT2D eigenvalue weighted by Crippen LogP contribution is -2.29. The SMILES string of the molecule is O=C(c1ccncc1)N1CCC(n2cc(COc3cnccn3)nn2)C1. The van der Waals surface area contributed by atoms with Gasteiger partial charge in [0.05, 0.1) is 18.4 Å². The molecule has 1 fully saturated rings. The van der Waals surface area contributed by atoms with Gasteiger partial charge in [-0.3, -0.25) is 14.8 Å². The number of likely N-dealkylation sites (tertiary alicyclic amines) is 1. The van der Waals surface area contributed by atoms with Crippen LogP contribution in [-0.2, 0) is 6.61 Å². The van der Waals surface area contributed by atoms with E-state index in [2.05, 4.69) is 25.3 Å². The van der Waals surface area contributed by atoms with E-state index in [4.69, 9.17) is 4.74 Å². The zero-order valence-electron chi connectivity index (χ0n) is 14.0. The molecule has 0 aromatic carbocycles. The minimum atomic E-state index is 0.0150. The molecule has 1 atom stereocenters. The van der Waals surface area contributed by atoms with Crippen LogP contribution in [0.2, 0.25) is 0 Å². The van der Waals surface area contributed by atoms with Crippen LogP contribution in [0.3, 0.4) is 0 Å². The van der Waals surface area contributed by atoms with E-state index in [1.807, 2.05) is 11.1 Å². The highest BCUT2D eigenvalue weighted by atomic mass is 16.5. The van der Waals surface area contributed by atoms with E-state index >= 15 is 0 Å². The Hall–Kier alpha value is -3.36. The molecule has 1 saturated heterocycles. The van der Waals surface area contributed by atoms with Crippen molar-refractivity contribution < 1.29 is 9.53 Å². The first-order chi connectivity index (χ1) is 12.8. The highest BCUT2D eigenvalue weighted by Crippen LogP contribution is 2.22. The van der Waals surface area contributed by atoms with E-state index in [-0.39, 0.29) is 18.6 Å². The van der Waals surface area contributed by atoms with Crippen molar-refractivity contribution >= 4 is 5.91 Å². The monoisotopic (exact) mass is 351 g/mol. The summed E-state index contributed by atoms with van der Waals surface area (Å²) in [4.78, 5) is 26.3. The van der Waals surface area contributed by atoms with Crippen LogP contribution in [0.25, 0.3) is 0 Å². The number of hydrogen-bond donors (Lipinski definition) is 0. The molecule has 3 aromatic heterocycles. The number of pyridine rings is 1. The summed E-state index contributed by atoms with van der Waals surface area (Å²) in [6.07, 6.45) is 10.6. The first-order valence-corrected chi connectivity index (χ1v) is 8.28. The summed E-state index contributed by atoms with van der Waals surface area (Å²) >= 11 is 0. The third-order valence-electron chi connectivity index (χ3n) is 4.22. The van der Waals surface area contributed by atoms with Crippen LogP contribution in [-0.4, -0.2) is 53.8 Å². The Morgan fingerprint density at radius 3 is 2.88 bits per heavy atom. The minimum Gasteiger partial charge on any atom is -0.470 e. The van der Waals surface area contributed by atoms with Crippen molar-refractivity contribution in [1.82, 2.24) is 34.8 Å². The van der Waals surface area contributed by atoms with Gasteiger partial charge in [-0.1, -0.05) is 5.21 Å². The molecule has 0 radical (unpaired) electrons. The molecule has 0 bridgehead atoms. The number of aromatic nitrogens is 6. The number of carbonyl (C=O) groups excluding carboxylic acids is 1. The summed E-state index contributed by atoms with van der Waals surface area (Å²) in [5, 5.41) is 8.31. The van der Waals surface area contributed by atoms with Gasteiger partial charge in [0.15, 0.2) is 0 Å². The molecule has 0 saturated carbocycles. The van der Waals surface area contributed by atoms with E-state index in [1.54, 1.807) is 47.8 Å². The van der Waals surface area contributed by atoms with Gasteiger partial charge in [-0.25, -0.2) is 9.67 Å². The molecular formula is C17H17N7O2. The van der Waals surface area contributed by atoms with Crippen LogP contribution in [0, 0.1) is 0 Å². The van der Waals surface area contributed by atoms with Crippen LogP contribution in [0.5, 0.6) is 5.88 Å². The van der Waals surface area contributed by atoms with E-state index in [0.29, 0.717) is 30.2 Å². The molecule has 1 aliphatic heterocycles. The predicted octanol–water partition coefficient (Wildman–Crippen LogP) is 1.13. The average Bonchev–Trinajstić information content (AvgIpc) is 3.37. The first kappa shape index (κ1) is 16.1. The van der Waals surface area contributed by atoms with Crippen LogP contribution < -0.4 is 4.74 Å². The van der Waals surface area contributed by atoms with Crippen molar-refractivity contribution in [3.05, 3.63) is 60.6 Å². The standard InChI is InChI=1S/C17H17N7O2/c25-17(13-1-4-18-5-2-13)23-8-3-15(11-23)24-10-14(21-22-24)12-26-16-9-19-6-7-20-16/h1-2,4-7,9-10,15H,3,8,11-12H2. The quantitative estimate of drug-likeness (QED) is 0.679. The fourth-order valence-corrected chi connectivity index (χ4v) is 2.89. The lowest BCUT2D eigenvalue weighted by atomic mass is 10.2. The number of amides is 1. The first-order valence-electron chi connectivity index (χ1n) is 8.28. The van der Waals surface area contributed by atoms with Gasteiger partial charge in [-0.15, -0.1) is 5.10 Å². The Bertz CT molecular complexity index is 869. The largest absolute Gasteiger partial charge is 0.470 e. The minimum absolute atomic E-state index is 0.0150. The zero-order chi connectivity index (χ0) is 17.8. The van der Waals surface area contributed by atoms with E-state index < -0.39 is 0 Å². The van der Waals surface area contributed by atoms with Gasteiger partial charge in [0, 0.05) is 43.4 Å². The molecule has 9 nitrogen and oxygen atoms in total. The third kappa shape index (κ3) is 3.51. The topological polar surface area (TPSA) is 98.9 Å². The van der Waals surface area contributed by atoms with Crippen molar-refractivity contribution in [2.45, 2.75) is 19.1 Å². The molecule has 132 valence electrons. The number of nitrogens with zero attached hydrogens (tertiary/aromatic N) is 7. The smallest absolute Gasteiger partial charge is 0.254 e. The number of ether oxygens (including phenoxy) is 1. The van der Waals surface area contributed by atoms with Crippen molar-refractivity contribution in [2.75, 3.05) is 13.1 Å². The van der Waals surface area contributed by atoms with Gasteiger partial charge in [0.2, 0.25) is 5.88 Å². The fraction of sp³-hybridized carbons (Fsp3) is 0.294. The van der Waals surface area contributed by atoms with Crippen LogP contribution in [0.4, 0.5) is 0 Å². The van der Waals surface area contributed by atoms with Crippen LogP contribution in [0.15, 0.2) is 49.3 Å². The fourth-order valence-electron chi connectivity index (χ4n) is 2.89. The van der Waals surface area contributed by atoms with Crippen LogP contribution >= 0.6 is 0 Å². The van der Waals surface area contributed by atoms with Crippen molar-refractivity contribution in [3.8, 4) is 5.88 Å². The normalized spacial score (nSPS) is 16.6. The molecule has 3 aromatic rings. The number of rotatable bonds is 5. The van der Waals surface area contributed by atoms with Gasteiger partial charge in [-0.05, 0) is 18.6 Å². The summed E-state index contributed by atoms with van der Waals surface area (Å²) < 4.78 is 7.33. The number of hydrogen-bond acceptors (Lipinski definition) is 7. The van der Waals surface area contributed by atoms with E-state index in [0.717, 1.165) is 6.42 Å².